The quantitative estimate of drug-likeness (QED) is 0.542. The van der Waals surface area contributed by atoms with Gasteiger partial charge < -0.3 is 9.26 Å². The van der Waals surface area contributed by atoms with Crippen molar-refractivity contribution in [1.82, 2.24) is 19.4 Å². The van der Waals surface area contributed by atoms with Gasteiger partial charge in [-0.15, -0.1) is 0 Å². The van der Waals surface area contributed by atoms with Crippen molar-refractivity contribution < 1.29 is 35.2 Å². The van der Waals surface area contributed by atoms with Crippen molar-refractivity contribution in [3.05, 3.63) is 54.3 Å². The van der Waals surface area contributed by atoms with Gasteiger partial charge in [-0.3, -0.25) is 0 Å². The maximum atomic E-state index is 13.4. The molecule has 0 bridgehead atoms. The molecule has 8 nitrogen and oxygen atoms in total. The van der Waals surface area contributed by atoms with Crippen LogP contribution in [0.1, 0.15) is 12.3 Å². The Morgan fingerprint density at radius 1 is 1.19 bits per heavy atom. The van der Waals surface area contributed by atoms with E-state index in [1.807, 2.05) is 0 Å². The average molecular weight is 458 g/mol. The van der Waals surface area contributed by atoms with Crippen LogP contribution < -0.4 is 4.74 Å². The summed E-state index contributed by atoms with van der Waals surface area (Å²) in [6.07, 6.45) is -3.78. The Balaban J connectivity index is 1.52. The van der Waals surface area contributed by atoms with Crippen LogP contribution in [0, 0.1) is 5.82 Å². The van der Waals surface area contributed by atoms with Crippen molar-refractivity contribution in [2.24, 2.45) is 0 Å². The number of pyridine rings is 1. The maximum Gasteiger partial charge on any atom is 0.471 e. The molecule has 1 aliphatic rings. The fraction of sp³-hybridized carbons (Fsp3) is 0.278. The minimum atomic E-state index is -4.80. The molecule has 0 spiro atoms. The normalized spacial score (nSPS) is 17.7. The molecule has 2 aromatic heterocycles. The van der Waals surface area contributed by atoms with Crippen molar-refractivity contribution in [1.29, 1.82) is 0 Å². The summed E-state index contributed by atoms with van der Waals surface area (Å²) in [6, 6.07) is 7.52. The molecule has 0 saturated carbocycles. The largest absolute Gasteiger partial charge is 0.472 e. The number of sulfonamides is 1. The number of hydrogen-bond acceptors (Lipinski definition) is 7. The molecule has 13 heteroatoms. The van der Waals surface area contributed by atoms with E-state index in [4.69, 9.17) is 4.74 Å². The highest BCUT2D eigenvalue weighted by atomic mass is 32.2. The van der Waals surface area contributed by atoms with Crippen LogP contribution in [-0.2, 0) is 16.2 Å². The number of nitrogens with zero attached hydrogens (tertiary/aromatic N) is 4. The zero-order valence-electron chi connectivity index (χ0n) is 15.6. The Kier molecular flexibility index (Phi) is 5.39. The molecule has 0 N–H and O–H groups in total. The van der Waals surface area contributed by atoms with Crippen LogP contribution in [0.15, 0.2) is 52.0 Å². The Hall–Kier alpha value is -3.06. The van der Waals surface area contributed by atoms with E-state index < -0.39 is 34.0 Å². The minimum absolute atomic E-state index is 0.0467. The molecule has 0 aliphatic carbocycles. The van der Waals surface area contributed by atoms with E-state index in [9.17, 15) is 26.0 Å². The lowest BCUT2D eigenvalue weighted by molar-refractivity contribution is -0.159. The van der Waals surface area contributed by atoms with Gasteiger partial charge in [0.05, 0.1) is 17.0 Å². The molecule has 1 aliphatic heterocycles. The van der Waals surface area contributed by atoms with Crippen molar-refractivity contribution in [2.45, 2.75) is 23.6 Å². The van der Waals surface area contributed by atoms with Crippen LogP contribution in [0.25, 0.3) is 11.4 Å². The second-order valence-electron chi connectivity index (χ2n) is 6.63. The summed E-state index contributed by atoms with van der Waals surface area (Å²) >= 11 is 0. The molecule has 0 radical (unpaired) electrons. The number of rotatable bonds is 5. The Bertz CT molecular complexity index is 1200. The average Bonchev–Trinajstić information content (AvgIpc) is 3.38. The molecule has 1 atom stereocenters. The molecule has 164 valence electrons. The van der Waals surface area contributed by atoms with Crippen LogP contribution >= 0.6 is 0 Å². The lowest BCUT2D eigenvalue weighted by Gasteiger charge is -2.17. The molecular formula is C18H14F4N4O4S. The van der Waals surface area contributed by atoms with Crippen LogP contribution in [0.2, 0.25) is 0 Å². The summed E-state index contributed by atoms with van der Waals surface area (Å²) in [5.41, 5.74) is 0.0631. The van der Waals surface area contributed by atoms with Gasteiger partial charge >= 0.3 is 12.1 Å². The first-order valence-corrected chi connectivity index (χ1v) is 10.4. The lowest BCUT2D eigenvalue weighted by Crippen LogP contribution is -2.31. The Labute approximate surface area is 173 Å². The SMILES string of the molecule is O=S(=O)(c1cccc(F)c1)N1CCC(Oc2ncccc2-c2noc(C(F)(F)F)n2)C1. The van der Waals surface area contributed by atoms with Crippen LogP contribution in [0.4, 0.5) is 17.6 Å². The molecule has 3 aromatic rings. The highest BCUT2D eigenvalue weighted by Gasteiger charge is 2.39. The Morgan fingerprint density at radius 3 is 2.71 bits per heavy atom. The second-order valence-corrected chi connectivity index (χ2v) is 8.56. The first-order chi connectivity index (χ1) is 14.6. The van der Waals surface area contributed by atoms with E-state index in [1.54, 1.807) is 0 Å². The standard InChI is InChI=1S/C18H14F4N4O4S/c19-11-3-1-4-13(9-11)31(27,28)26-8-6-12(10-26)29-16-14(5-2-7-23-16)15-24-17(30-25-15)18(20,21)22/h1-5,7,9,12H,6,8,10H2. The van der Waals surface area contributed by atoms with Gasteiger partial charge in [0.25, 0.3) is 0 Å². The first-order valence-electron chi connectivity index (χ1n) is 8.93. The fourth-order valence-corrected chi connectivity index (χ4v) is 4.57. The topological polar surface area (TPSA) is 98.4 Å². The minimum Gasteiger partial charge on any atom is -0.472 e. The molecule has 0 amide bonds. The Morgan fingerprint density at radius 2 is 2.00 bits per heavy atom. The van der Waals surface area contributed by atoms with E-state index in [0.29, 0.717) is 6.42 Å². The van der Waals surface area contributed by atoms with Crippen molar-refractivity contribution in [2.75, 3.05) is 13.1 Å². The second kappa shape index (κ2) is 7.89. The number of ether oxygens (including phenoxy) is 1. The number of aromatic nitrogens is 3. The molecule has 31 heavy (non-hydrogen) atoms. The highest BCUT2D eigenvalue weighted by Crippen LogP contribution is 2.33. The number of hydrogen-bond donors (Lipinski definition) is 0. The lowest BCUT2D eigenvalue weighted by atomic mass is 10.2. The van der Waals surface area contributed by atoms with Crippen molar-refractivity contribution in [3.8, 4) is 17.3 Å². The van der Waals surface area contributed by atoms with E-state index in [2.05, 4.69) is 19.6 Å². The number of halogens is 4. The highest BCUT2D eigenvalue weighted by molar-refractivity contribution is 7.89. The summed E-state index contributed by atoms with van der Waals surface area (Å²) in [4.78, 5) is 7.15. The third kappa shape index (κ3) is 4.37. The van der Waals surface area contributed by atoms with E-state index in [-0.39, 0.29) is 35.3 Å². The summed E-state index contributed by atoms with van der Waals surface area (Å²) in [5.74, 6) is -2.61. The van der Waals surface area contributed by atoms with Gasteiger partial charge in [-0.05, 0) is 36.8 Å². The molecular weight excluding hydrogens is 444 g/mol. The van der Waals surface area contributed by atoms with Gasteiger partial charge in [0.2, 0.25) is 21.7 Å². The van der Waals surface area contributed by atoms with Crippen LogP contribution in [-0.4, -0.2) is 47.0 Å². The molecule has 4 rings (SSSR count). The third-order valence-corrected chi connectivity index (χ3v) is 6.36. The number of benzene rings is 1. The third-order valence-electron chi connectivity index (χ3n) is 4.50. The van der Waals surface area contributed by atoms with Gasteiger partial charge in [-0.1, -0.05) is 11.2 Å². The molecule has 1 saturated heterocycles. The molecule has 3 heterocycles. The zero-order valence-corrected chi connectivity index (χ0v) is 16.4. The van der Waals surface area contributed by atoms with E-state index >= 15 is 0 Å². The smallest absolute Gasteiger partial charge is 0.471 e. The van der Waals surface area contributed by atoms with Gasteiger partial charge in [-0.25, -0.2) is 17.8 Å². The van der Waals surface area contributed by atoms with Gasteiger partial charge in [0.15, 0.2) is 0 Å². The van der Waals surface area contributed by atoms with Crippen molar-refractivity contribution in [3.63, 3.8) is 0 Å². The predicted molar refractivity (Wildman–Crippen MR) is 96.7 cm³/mol. The van der Waals surface area contributed by atoms with Gasteiger partial charge in [0.1, 0.15) is 11.9 Å². The molecule has 1 fully saturated rings. The van der Waals surface area contributed by atoms with Gasteiger partial charge in [0, 0.05) is 12.7 Å². The van der Waals surface area contributed by atoms with E-state index in [0.717, 1.165) is 16.4 Å². The van der Waals surface area contributed by atoms with Crippen molar-refractivity contribution >= 4 is 10.0 Å². The predicted octanol–water partition coefficient (Wildman–Crippen LogP) is 3.13. The van der Waals surface area contributed by atoms with Gasteiger partial charge in [-0.2, -0.15) is 22.5 Å². The maximum absolute atomic E-state index is 13.4. The first kappa shape index (κ1) is 21.2. The summed E-state index contributed by atoms with van der Waals surface area (Å²) < 4.78 is 88.2. The van der Waals surface area contributed by atoms with Crippen LogP contribution in [0.3, 0.4) is 0 Å². The zero-order chi connectivity index (χ0) is 22.2. The van der Waals surface area contributed by atoms with E-state index in [1.165, 1.54) is 30.5 Å². The fourth-order valence-electron chi connectivity index (χ4n) is 3.05. The van der Waals surface area contributed by atoms with Crippen LogP contribution in [0.5, 0.6) is 5.88 Å². The molecule has 1 unspecified atom stereocenters. The summed E-state index contributed by atoms with van der Waals surface area (Å²) in [6.45, 7) is 0.0705. The number of alkyl halides is 3. The molecule has 1 aromatic carbocycles. The summed E-state index contributed by atoms with van der Waals surface area (Å²) in [5, 5.41) is 3.32. The summed E-state index contributed by atoms with van der Waals surface area (Å²) in [7, 11) is -3.93. The monoisotopic (exact) mass is 458 g/mol.